The summed E-state index contributed by atoms with van der Waals surface area (Å²) in [5.41, 5.74) is 0.308. The normalized spacial score (nSPS) is 23.6. The zero-order valence-corrected chi connectivity index (χ0v) is 21.0. The largest absolute Gasteiger partial charge is 0.494 e. The van der Waals surface area contributed by atoms with Crippen molar-refractivity contribution in [2.24, 2.45) is 11.3 Å². The number of aromatic nitrogens is 1. The predicted octanol–water partition coefficient (Wildman–Crippen LogP) is 1.95. The zero-order chi connectivity index (χ0) is 25.6. The second kappa shape index (κ2) is 9.20. The van der Waals surface area contributed by atoms with Crippen molar-refractivity contribution >= 4 is 17.8 Å². The minimum absolute atomic E-state index is 0.0130. The number of likely N-dealkylation sites (tertiary alicyclic amines) is 1. The highest BCUT2D eigenvalue weighted by molar-refractivity contribution is 6.19. The molecule has 9 nitrogen and oxygen atoms in total. The molecule has 3 aliphatic heterocycles. The molecule has 4 heterocycles. The van der Waals surface area contributed by atoms with E-state index in [0.717, 1.165) is 27.5 Å². The van der Waals surface area contributed by atoms with E-state index in [2.05, 4.69) is 4.90 Å². The van der Waals surface area contributed by atoms with E-state index in [1.54, 1.807) is 12.1 Å². The van der Waals surface area contributed by atoms with Gasteiger partial charge in [-0.1, -0.05) is 24.3 Å². The first-order valence-corrected chi connectivity index (χ1v) is 12.5. The van der Waals surface area contributed by atoms with Crippen LogP contribution in [0.1, 0.15) is 30.5 Å². The maximum atomic E-state index is 13.8. The van der Waals surface area contributed by atoms with E-state index >= 15 is 0 Å². The van der Waals surface area contributed by atoms with Gasteiger partial charge in [-0.25, -0.2) is 4.79 Å². The molecule has 0 aliphatic carbocycles. The summed E-state index contributed by atoms with van der Waals surface area (Å²) in [7, 11) is 2.87. The molecule has 0 radical (unpaired) electrons. The van der Waals surface area contributed by atoms with Crippen LogP contribution in [0.15, 0.2) is 47.3 Å². The molecule has 4 amide bonds. The molecule has 1 aromatic carbocycles. The summed E-state index contributed by atoms with van der Waals surface area (Å²) in [5.74, 6) is 0.0366. The maximum Gasteiger partial charge on any atom is 0.332 e. The topological polar surface area (TPSA) is 92.2 Å². The average molecular weight is 493 g/mol. The number of urea groups is 1. The number of hydrogen-bond donors (Lipinski definition) is 0. The van der Waals surface area contributed by atoms with Gasteiger partial charge in [0, 0.05) is 64.4 Å². The molecule has 0 spiro atoms. The Kier molecular flexibility index (Phi) is 6.20. The molecule has 0 saturated carbocycles. The number of piperidine rings is 1. The summed E-state index contributed by atoms with van der Waals surface area (Å²) in [6.45, 7) is 4.47. The minimum atomic E-state index is -1.47. The van der Waals surface area contributed by atoms with E-state index < -0.39 is 23.3 Å². The van der Waals surface area contributed by atoms with E-state index in [0.29, 0.717) is 32.0 Å². The highest BCUT2D eigenvalue weighted by atomic mass is 16.5. The van der Waals surface area contributed by atoms with Gasteiger partial charge in [-0.3, -0.25) is 24.2 Å². The predicted molar refractivity (Wildman–Crippen MR) is 133 cm³/mol. The number of para-hydroxylation sites is 1. The summed E-state index contributed by atoms with van der Waals surface area (Å²) in [4.78, 5) is 56.9. The summed E-state index contributed by atoms with van der Waals surface area (Å²) in [6, 6.07) is 12.2. The summed E-state index contributed by atoms with van der Waals surface area (Å²) in [5, 5.41) is 0. The fraction of sp³-hybridized carbons (Fsp3) is 0.481. The fourth-order valence-electron chi connectivity index (χ4n) is 6.25. The molecule has 190 valence electrons. The third-order valence-electron chi connectivity index (χ3n) is 7.82. The highest BCUT2D eigenvalue weighted by Gasteiger charge is 2.57. The van der Waals surface area contributed by atoms with Gasteiger partial charge in [0.2, 0.25) is 11.8 Å². The van der Waals surface area contributed by atoms with Crippen LogP contribution in [0, 0.1) is 11.3 Å². The van der Waals surface area contributed by atoms with Gasteiger partial charge in [0.15, 0.2) is 0 Å². The third-order valence-corrected chi connectivity index (χ3v) is 7.82. The van der Waals surface area contributed by atoms with Crippen LogP contribution in [-0.4, -0.2) is 77.4 Å². The molecule has 2 atom stereocenters. The number of ether oxygens (including phenoxy) is 1. The Morgan fingerprint density at radius 3 is 2.36 bits per heavy atom. The Bertz CT molecular complexity index is 1250. The monoisotopic (exact) mass is 492 g/mol. The lowest BCUT2D eigenvalue weighted by Crippen LogP contribution is -2.67. The first-order valence-electron chi connectivity index (χ1n) is 12.5. The van der Waals surface area contributed by atoms with E-state index in [9.17, 15) is 19.2 Å². The number of carbonyl (C=O) groups is 3. The highest BCUT2D eigenvalue weighted by Crippen LogP contribution is 2.40. The lowest BCUT2D eigenvalue weighted by molar-refractivity contribution is -0.159. The first kappa shape index (κ1) is 24.2. The van der Waals surface area contributed by atoms with Crippen LogP contribution in [0.4, 0.5) is 4.79 Å². The lowest BCUT2D eigenvalue weighted by atomic mass is 9.75. The molecule has 9 heteroatoms. The van der Waals surface area contributed by atoms with E-state index in [-0.39, 0.29) is 30.4 Å². The third kappa shape index (κ3) is 3.91. The van der Waals surface area contributed by atoms with E-state index in [1.165, 1.54) is 14.1 Å². The number of pyridine rings is 1. The molecule has 2 fully saturated rings. The zero-order valence-electron chi connectivity index (χ0n) is 21.0. The van der Waals surface area contributed by atoms with Gasteiger partial charge in [-0.05, 0) is 37.0 Å². The van der Waals surface area contributed by atoms with Gasteiger partial charge in [-0.2, -0.15) is 0 Å². The van der Waals surface area contributed by atoms with Gasteiger partial charge in [0.25, 0.3) is 5.56 Å². The summed E-state index contributed by atoms with van der Waals surface area (Å²) >= 11 is 0. The van der Waals surface area contributed by atoms with Crippen LogP contribution >= 0.6 is 0 Å². The lowest BCUT2D eigenvalue weighted by Gasteiger charge is -2.48. The smallest absolute Gasteiger partial charge is 0.332 e. The summed E-state index contributed by atoms with van der Waals surface area (Å²) < 4.78 is 7.67. The Morgan fingerprint density at radius 1 is 0.917 bits per heavy atom. The van der Waals surface area contributed by atoms with Crippen molar-refractivity contribution in [1.29, 1.82) is 0 Å². The Hall–Kier alpha value is -3.46. The Morgan fingerprint density at radius 2 is 1.64 bits per heavy atom. The number of rotatable bonds is 6. The maximum absolute atomic E-state index is 13.8. The number of imide groups is 2. The number of hydrogen-bond acceptors (Lipinski definition) is 6. The van der Waals surface area contributed by atoms with Crippen LogP contribution in [0.5, 0.6) is 5.75 Å². The molecule has 3 aliphatic rings. The second-order valence-electron chi connectivity index (χ2n) is 10.2. The van der Waals surface area contributed by atoms with Gasteiger partial charge < -0.3 is 14.2 Å². The SMILES string of the molecule is CCOc1ccccc1CC1(CN2C[C@H]3C[C@@H](C2)c2cccc(=O)n2C3)C(=O)N(C)C(=O)N(C)C1=O. The molecule has 0 unspecified atom stereocenters. The number of fused-ring (bicyclic) bond motifs is 4. The van der Waals surface area contributed by atoms with Crippen molar-refractivity contribution in [3.05, 3.63) is 64.1 Å². The van der Waals surface area contributed by atoms with Gasteiger partial charge in [0.05, 0.1) is 6.61 Å². The number of amides is 4. The molecule has 2 bridgehead atoms. The average Bonchev–Trinajstić information content (AvgIpc) is 2.87. The first-order chi connectivity index (χ1) is 17.2. The second-order valence-corrected chi connectivity index (χ2v) is 10.2. The molecular formula is C27H32N4O5. The number of barbiturate groups is 1. The molecule has 1 aromatic heterocycles. The quantitative estimate of drug-likeness (QED) is 0.573. The molecular weight excluding hydrogens is 460 g/mol. The van der Waals surface area contributed by atoms with Crippen molar-refractivity contribution in [2.45, 2.75) is 32.2 Å². The van der Waals surface area contributed by atoms with Crippen LogP contribution in [0.2, 0.25) is 0 Å². The van der Waals surface area contributed by atoms with Crippen LogP contribution in [-0.2, 0) is 22.6 Å². The Labute approximate surface area is 210 Å². The molecule has 36 heavy (non-hydrogen) atoms. The Balaban J connectivity index is 1.52. The summed E-state index contributed by atoms with van der Waals surface area (Å²) in [6.07, 6.45) is 1.10. The molecule has 2 saturated heterocycles. The van der Waals surface area contributed by atoms with Gasteiger partial charge >= 0.3 is 6.03 Å². The van der Waals surface area contributed by atoms with E-state index in [4.69, 9.17) is 4.74 Å². The number of benzene rings is 1. The van der Waals surface area contributed by atoms with Crippen molar-refractivity contribution in [1.82, 2.24) is 19.3 Å². The minimum Gasteiger partial charge on any atom is -0.494 e. The molecule has 2 aromatic rings. The number of nitrogens with zero attached hydrogens (tertiary/aromatic N) is 4. The molecule has 5 rings (SSSR count). The van der Waals surface area contributed by atoms with Gasteiger partial charge in [-0.15, -0.1) is 0 Å². The van der Waals surface area contributed by atoms with Crippen LogP contribution < -0.4 is 10.3 Å². The van der Waals surface area contributed by atoms with Crippen molar-refractivity contribution < 1.29 is 19.1 Å². The molecule has 0 N–H and O–H groups in total. The van der Waals surface area contributed by atoms with E-state index in [1.807, 2.05) is 41.8 Å². The van der Waals surface area contributed by atoms with Gasteiger partial charge in [0.1, 0.15) is 11.2 Å². The van der Waals surface area contributed by atoms with Crippen molar-refractivity contribution in [3.63, 3.8) is 0 Å². The number of carbonyl (C=O) groups excluding carboxylic acids is 3. The van der Waals surface area contributed by atoms with Crippen molar-refractivity contribution in [2.75, 3.05) is 40.3 Å². The van der Waals surface area contributed by atoms with Crippen molar-refractivity contribution in [3.8, 4) is 5.75 Å². The van der Waals surface area contributed by atoms with Crippen LogP contribution in [0.3, 0.4) is 0 Å². The fourth-order valence-corrected chi connectivity index (χ4v) is 6.25. The van der Waals surface area contributed by atoms with Crippen LogP contribution in [0.25, 0.3) is 0 Å². The standard InChI is InChI=1S/C27H32N4O5/c1-4-36-22-10-6-5-8-19(22)13-27(24(33)28(2)26(35)29(3)25(27)34)17-30-14-18-12-20(16-30)21-9-7-11-23(32)31(21)15-18/h5-11,18,20H,4,12-17H2,1-3H3/t18-,20+/m1/s1.